The number of likely N-dealkylation sites (N-methyl/N-ethyl adjacent to an activating group) is 1. The molecule has 0 radical (unpaired) electrons. The van der Waals surface area contributed by atoms with E-state index < -0.39 is 0 Å². The van der Waals surface area contributed by atoms with E-state index in [1.807, 2.05) is 49.4 Å². The molecule has 2 rings (SSSR count). The third kappa shape index (κ3) is 5.48. The van der Waals surface area contributed by atoms with E-state index in [9.17, 15) is 4.79 Å². The van der Waals surface area contributed by atoms with Crippen LogP contribution in [0, 0.1) is 0 Å². The lowest BCUT2D eigenvalue weighted by Crippen LogP contribution is -2.29. The van der Waals surface area contributed by atoms with Crippen molar-refractivity contribution in [3.8, 4) is 5.75 Å². The monoisotopic (exact) mass is 298 g/mol. The van der Waals surface area contributed by atoms with E-state index in [1.54, 1.807) is 0 Å². The number of rotatable bonds is 8. The van der Waals surface area contributed by atoms with Crippen molar-refractivity contribution in [1.82, 2.24) is 5.32 Å². The zero-order valence-electron chi connectivity index (χ0n) is 12.8. The molecule has 2 aromatic carbocycles. The van der Waals surface area contributed by atoms with Crippen molar-refractivity contribution in [2.24, 2.45) is 0 Å². The molecule has 0 spiro atoms. The van der Waals surface area contributed by atoms with Crippen LogP contribution >= 0.6 is 0 Å². The number of hydrogen-bond acceptors (Lipinski definition) is 3. The van der Waals surface area contributed by atoms with E-state index in [2.05, 4.69) is 22.8 Å². The van der Waals surface area contributed by atoms with Crippen molar-refractivity contribution in [2.75, 3.05) is 25.0 Å². The lowest BCUT2D eigenvalue weighted by Gasteiger charge is -2.09. The molecule has 0 fully saturated rings. The molecular formula is C18H22N2O2. The molecule has 0 atom stereocenters. The molecule has 1 amide bonds. The average Bonchev–Trinajstić information content (AvgIpc) is 2.55. The maximum Gasteiger partial charge on any atom is 0.239 e. The van der Waals surface area contributed by atoms with Gasteiger partial charge in [-0.3, -0.25) is 4.79 Å². The first kappa shape index (κ1) is 15.9. The van der Waals surface area contributed by atoms with Gasteiger partial charge in [-0.25, -0.2) is 0 Å². The number of hydrogen-bond donors (Lipinski definition) is 2. The highest BCUT2D eigenvalue weighted by Crippen LogP contribution is 2.15. The lowest BCUT2D eigenvalue weighted by atomic mass is 10.2. The van der Waals surface area contributed by atoms with Crippen molar-refractivity contribution >= 4 is 11.6 Å². The Morgan fingerprint density at radius 3 is 2.45 bits per heavy atom. The Morgan fingerprint density at radius 2 is 1.77 bits per heavy atom. The SMILES string of the molecule is CCNC(=O)CNc1ccc(OCCc2ccccc2)cc1. The Morgan fingerprint density at radius 1 is 1.05 bits per heavy atom. The summed E-state index contributed by atoms with van der Waals surface area (Å²) in [5, 5.41) is 5.82. The van der Waals surface area contributed by atoms with Gasteiger partial charge in [0.25, 0.3) is 0 Å². The summed E-state index contributed by atoms with van der Waals surface area (Å²) in [5.41, 5.74) is 2.17. The van der Waals surface area contributed by atoms with Gasteiger partial charge in [-0.1, -0.05) is 30.3 Å². The Hall–Kier alpha value is -2.49. The molecule has 0 aliphatic heterocycles. The molecule has 22 heavy (non-hydrogen) atoms. The first-order valence-electron chi connectivity index (χ1n) is 7.55. The molecule has 116 valence electrons. The predicted molar refractivity (Wildman–Crippen MR) is 89.3 cm³/mol. The first-order valence-corrected chi connectivity index (χ1v) is 7.55. The fourth-order valence-electron chi connectivity index (χ4n) is 2.04. The van der Waals surface area contributed by atoms with Crippen LogP contribution in [0.4, 0.5) is 5.69 Å². The summed E-state index contributed by atoms with van der Waals surface area (Å²) < 4.78 is 5.72. The maximum atomic E-state index is 11.4. The van der Waals surface area contributed by atoms with Gasteiger partial charge < -0.3 is 15.4 Å². The van der Waals surface area contributed by atoms with Gasteiger partial charge in [-0.05, 0) is 36.8 Å². The maximum absolute atomic E-state index is 11.4. The second-order valence-corrected chi connectivity index (χ2v) is 4.92. The lowest BCUT2D eigenvalue weighted by molar-refractivity contribution is -0.119. The fraction of sp³-hybridized carbons (Fsp3) is 0.278. The summed E-state index contributed by atoms with van der Waals surface area (Å²) in [6.07, 6.45) is 0.887. The Balaban J connectivity index is 1.73. The topological polar surface area (TPSA) is 50.4 Å². The molecule has 4 heteroatoms. The van der Waals surface area contributed by atoms with E-state index >= 15 is 0 Å². The second-order valence-electron chi connectivity index (χ2n) is 4.92. The van der Waals surface area contributed by atoms with Gasteiger partial charge in [0.05, 0.1) is 13.2 Å². The standard InChI is InChI=1S/C18H22N2O2/c1-2-19-18(21)14-20-16-8-10-17(11-9-16)22-13-12-15-6-4-3-5-7-15/h3-11,20H,2,12-14H2,1H3,(H,19,21). The highest BCUT2D eigenvalue weighted by atomic mass is 16.5. The van der Waals surface area contributed by atoms with Crippen LogP contribution in [0.3, 0.4) is 0 Å². The summed E-state index contributed by atoms with van der Waals surface area (Å²) >= 11 is 0. The molecular weight excluding hydrogens is 276 g/mol. The molecule has 0 unspecified atom stereocenters. The molecule has 0 heterocycles. The van der Waals surface area contributed by atoms with Crippen LogP contribution in [-0.4, -0.2) is 25.6 Å². The summed E-state index contributed by atoms with van der Waals surface area (Å²) in [7, 11) is 0. The number of carbonyl (C=O) groups is 1. The minimum atomic E-state index is -0.00862. The van der Waals surface area contributed by atoms with E-state index in [0.29, 0.717) is 13.2 Å². The number of nitrogens with one attached hydrogen (secondary N) is 2. The minimum absolute atomic E-state index is 0.00862. The van der Waals surface area contributed by atoms with Crippen LogP contribution in [0.5, 0.6) is 5.75 Å². The van der Waals surface area contributed by atoms with Crippen molar-refractivity contribution in [2.45, 2.75) is 13.3 Å². The van der Waals surface area contributed by atoms with Gasteiger partial charge >= 0.3 is 0 Å². The third-order valence-corrected chi connectivity index (χ3v) is 3.18. The number of ether oxygens (including phenoxy) is 1. The van der Waals surface area contributed by atoms with E-state index in [0.717, 1.165) is 17.9 Å². The molecule has 0 aliphatic rings. The third-order valence-electron chi connectivity index (χ3n) is 3.18. The molecule has 0 aliphatic carbocycles. The smallest absolute Gasteiger partial charge is 0.239 e. The summed E-state index contributed by atoms with van der Waals surface area (Å²) in [4.78, 5) is 11.4. The average molecular weight is 298 g/mol. The van der Waals surface area contributed by atoms with E-state index in [-0.39, 0.29) is 12.5 Å². The normalized spacial score (nSPS) is 10.0. The van der Waals surface area contributed by atoms with Crippen LogP contribution in [0.2, 0.25) is 0 Å². The van der Waals surface area contributed by atoms with Gasteiger partial charge in [-0.15, -0.1) is 0 Å². The van der Waals surface area contributed by atoms with Crippen LogP contribution in [0.25, 0.3) is 0 Å². The number of benzene rings is 2. The van der Waals surface area contributed by atoms with Gasteiger partial charge in [0, 0.05) is 18.7 Å². The van der Waals surface area contributed by atoms with Crippen molar-refractivity contribution in [3.05, 3.63) is 60.2 Å². The minimum Gasteiger partial charge on any atom is -0.493 e. The molecule has 2 aromatic rings. The van der Waals surface area contributed by atoms with Gasteiger partial charge in [-0.2, -0.15) is 0 Å². The van der Waals surface area contributed by atoms with E-state index in [1.165, 1.54) is 5.56 Å². The Kier molecular flexibility index (Phi) is 6.30. The van der Waals surface area contributed by atoms with Crippen LogP contribution in [-0.2, 0) is 11.2 Å². The van der Waals surface area contributed by atoms with Crippen molar-refractivity contribution < 1.29 is 9.53 Å². The fourth-order valence-corrected chi connectivity index (χ4v) is 2.04. The largest absolute Gasteiger partial charge is 0.493 e. The van der Waals surface area contributed by atoms with Crippen LogP contribution in [0.1, 0.15) is 12.5 Å². The van der Waals surface area contributed by atoms with E-state index in [4.69, 9.17) is 4.74 Å². The number of anilines is 1. The molecule has 0 saturated heterocycles. The van der Waals surface area contributed by atoms with Crippen molar-refractivity contribution in [3.63, 3.8) is 0 Å². The molecule has 4 nitrogen and oxygen atoms in total. The zero-order valence-corrected chi connectivity index (χ0v) is 12.8. The number of amides is 1. The Bertz CT molecular complexity index is 567. The highest BCUT2D eigenvalue weighted by molar-refractivity contribution is 5.80. The summed E-state index contributed by atoms with van der Waals surface area (Å²) in [5.74, 6) is 0.824. The van der Waals surface area contributed by atoms with Gasteiger partial charge in [0.2, 0.25) is 5.91 Å². The van der Waals surface area contributed by atoms with Crippen LogP contribution < -0.4 is 15.4 Å². The molecule has 0 aromatic heterocycles. The number of carbonyl (C=O) groups excluding carboxylic acids is 1. The summed E-state index contributed by atoms with van der Waals surface area (Å²) in [6.45, 7) is 3.48. The molecule has 0 bridgehead atoms. The summed E-state index contributed by atoms with van der Waals surface area (Å²) in [6, 6.07) is 17.9. The van der Waals surface area contributed by atoms with Gasteiger partial charge in [0.15, 0.2) is 0 Å². The Labute approximate surface area is 131 Å². The highest BCUT2D eigenvalue weighted by Gasteiger charge is 2.00. The van der Waals surface area contributed by atoms with Crippen molar-refractivity contribution in [1.29, 1.82) is 0 Å². The zero-order chi connectivity index (χ0) is 15.6. The second kappa shape index (κ2) is 8.72. The first-order chi connectivity index (χ1) is 10.8. The predicted octanol–water partition coefficient (Wildman–Crippen LogP) is 2.86. The van der Waals surface area contributed by atoms with Crippen LogP contribution in [0.15, 0.2) is 54.6 Å². The molecule has 0 saturated carbocycles. The quantitative estimate of drug-likeness (QED) is 0.788. The van der Waals surface area contributed by atoms with Gasteiger partial charge in [0.1, 0.15) is 5.75 Å². The molecule has 2 N–H and O–H groups in total.